The van der Waals surface area contributed by atoms with E-state index in [0.717, 1.165) is 44.9 Å². The molecule has 7 nitrogen and oxygen atoms in total. The highest BCUT2D eigenvalue weighted by atomic mass is 16.5. The molecule has 1 aliphatic heterocycles. The molecule has 1 aliphatic carbocycles. The fraction of sp³-hybridized carbons (Fsp3) is 0.792. The van der Waals surface area contributed by atoms with E-state index in [1.54, 1.807) is 0 Å². The second kappa shape index (κ2) is 11.7. The lowest BCUT2D eigenvalue weighted by Crippen LogP contribution is -2.51. The van der Waals surface area contributed by atoms with Gasteiger partial charge in [-0.05, 0) is 43.9 Å². The molecule has 1 fully saturated rings. The van der Waals surface area contributed by atoms with Gasteiger partial charge in [0.05, 0.1) is 24.1 Å². The highest BCUT2D eigenvalue weighted by Crippen LogP contribution is 2.29. The number of ether oxygens (including phenoxy) is 1. The van der Waals surface area contributed by atoms with E-state index in [0.29, 0.717) is 12.8 Å². The summed E-state index contributed by atoms with van der Waals surface area (Å²) in [5.41, 5.74) is -0.854. The SMILES string of the molecule is CC(C)(C)C1COC(=O)CCCCC=CCC(CC(=O)NC2(CO)CCCC2)C(=O)N1. The summed E-state index contributed by atoms with van der Waals surface area (Å²) in [6, 6.07) is -0.347. The van der Waals surface area contributed by atoms with Crippen LogP contribution in [0.25, 0.3) is 0 Å². The number of hydrogen-bond acceptors (Lipinski definition) is 5. The Morgan fingerprint density at radius 2 is 1.90 bits per heavy atom. The van der Waals surface area contributed by atoms with Crippen molar-refractivity contribution in [3.05, 3.63) is 12.2 Å². The monoisotopic (exact) mass is 436 g/mol. The standard InChI is InChI=1S/C24H40N2O5/c1-23(2,3)19-16-31-21(29)12-8-6-4-5-7-11-18(22(30)25-19)15-20(28)26-24(17-27)13-9-10-14-24/h5,7,18-19,27H,4,6,8-17H2,1-3H3,(H,25,30)(H,26,28). The summed E-state index contributed by atoms with van der Waals surface area (Å²) in [7, 11) is 0. The maximum absolute atomic E-state index is 13.1. The van der Waals surface area contributed by atoms with Crippen molar-refractivity contribution in [2.75, 3.05) is 13.2 Å². The molecule has 1 saturated carbocycles. The minimum absolute atomic E-state index is 0.0641. The molecule has 2 rings (SSSR count). The molecule has 7 heteroatoms. The van der Waals surface area contributed by atoms with Crippen LogP contribution in [0, 0.1) is 11.3 Å². The summed E-state index contributed by atoms with van der Waals surface area (Å²) in [5, 5.41) is 15.8. The van der Waals surface area contributed by atoms with E-state index >= 15 is 0 Å². The van der Waals surface area contributed by atoms with Gasteiger partial charge in [0.15, 0.2) is 0 Å². The van der Waals surface area contributed by atoms with Gasteiger partial charge < -0.3 is 20.5 Å². The predicted octanol–water partition coefficient (Wildman–Crippen LogP) is 3.01. The number of hydrogen-bond donors (Lipinski definition) is 3. The zero-order valence-corrected chi connectivity index (χ0v) is 19.4. The zero-order valence-electron chi connectivity index (χ0n) is 19.4. The first-order chi connectivity index (χ1) is 14.6. The molecular weight excluding hydrogens is 396 g/mol. The van der Waals surface area contributed by atoms with Crippen LogP contribution >= 0.6 is 0 Å². The van der Waals surface area contributed by atoms with Gasteiger partial charge in [-0.15, -0.1) is 0 Å². The second-order valence-corrected chi connectivity index (χ2v) is 10.2. The quantitative estimate of drug-likeness (QED) is 0.464. The number of rotatable bonds is 4. The molecule has 0 saturated heterocycles. The van der Waals surface area contributed by atoms with Crippen LogP contribution in [0.5, 0.6) is 0 Å². The Labute approximate surface area is 186 Å². The van der Waals surface area contributed by atoms with Crippen molar-refractivity contribution >= 4 is 17.8 Å². The Kier molecular flexibility index (Phi) is 9.54. The molecule has 0 spiro atoms. The van der Waals surface area contributed by atoms with Gasteiger partial charge in [0.1, 0.15) is 6.61 Å². The number of allylic oxidation sites excluding steroid dienone is 2. The minimum Gasteiger partial charge on any atom is -0.463 e. The number of aliphatic hydroxyl groups excluding tert-OH is 1. The van der Waals surface area contributed by atoms with E-state index in [1.807, 2.05) is 32.9 Å². The fourth-order valence-corrected chi connectivity index (χ4v) is 4.18. The molecule has 0 aromatic rings. The summed E-state index contributed by atoms with van der Waals surface area (Å²) < 4.78 is 5.43. The molecule has 176 valence electrons. The minimum atomic E-state index is -0.549. The Bertz CT molecular complexity index is 647. The molecule has 31 heavy (non-hydrogen) atoms. The molecule has 0 aromatic heterocycles. The summed E-state index contributed by atoms with van der Waals surface area (Å²) in [4.78, 5) is 37.9. The number of carbonyl (C=O) groups excluding carboxylic acids is 3. The van der Waals surface area contributed by atoms with Crippen molar-refractivity contribution in [2.24, 2.45) is 11.3 Å². The van der Waals surface area contributed by atoms with Crippen LogP contribution in [0.3, 0.4) is 0 Å². The summed E-state index contributed by atoms with van der Waals surface area (Å²) in [6.07, 6.45) is 10.9. The van der Waals surface area contributed by atoms with Crippen molar-refractivity contribution in [3.63, 3.8) is 0 Å². The number of nitrogens with one attached hydrogen (secondary N) is 2. The molecule has 0 radical (unpaired) electrons. The first kappa shape index (κ1) is 25.4. The third-order valence-electron chi connectivity index (χ3n) is 6.43. The van der Waals surface area contributed by atoms with Crippen LogP contribution in [-0.4, -0.2) is 47.7 Å². The van der Waals surface area contributed by atoms with Gasteiger partial charge in [-0.2, -0.15) is 0 Å². The largest absolute Gasteiger partial charge is 0.463 e. The van der Waals surface area contributed by atoms with Gasteiger partial charge in [0.2, 0.25) is 11.8 Å². The Balaban J connectivity index is 2.11. The second-order valence-electron chi connectivity index (χ2n) is 10.2. The van der Waals surface area contributed by atoms with Gasteiger partial charge >= 0.3 is 5.97 Å². The lowest BCUT2D eigenvalue weighted by molar-refractivity contribution is -0.146. The third kappa shape index (κ3) is 8.28. The van der Waals surface area contributed by atoms with E-state index in [9.17, 15) is 19.5 Å². The van der Waals surface area contributed by atoms with E-state index in [4.69, 9.17) is 4.74 Å². The number of esters is 1. The summed E-state index contributed by atoms with van der Waals surface area (Å²) in [6.45, 7) is 6.01. The smallest absolute Gasteiger partial charge is 0.305 e. The predicted molar refractivity (Wildman–Crippen MR) is 119 cm³/mol. The molecule has 0 bridgehead atoms. The van der Waals surface area contributed by atoms with Crippen LogP contribution in [-0.2, 0) is 19.1 Å². The van der Waals surface area contributed by atoms with Crippen molar-refractivity contribution < 1.29 is 24.2 Å². The Morgan fingerprint density at radius 3 is 2.55 bits per heavy atom. The van der Waals surface area contributed by atoms with Crippen molar-refractivity contribution in [2.45, 2.75) is 96.6 Å². The zero-order chi connectivity index (χ0) is 22.9. The highest BCUT2D eigenvalue weighted by molar-refractivity contribution is 5.86. The lowest BCUT2D eigenvalue weighted by atomic mass is 9.86. The lowest BCUT2D eigenvalue weighted by Gasteiger charge is -2.33. The summed E-state index contributed by atoms with van der Waals surface area (Å²) >= 11 is 0. The Morgan fingerprint density at radius 1 is 1.19 bits per heavy atom. The molecule has 2 atom stereocenters. The molecule has 3 N–H and O–H groups in total. The number of aliphatic hydroxyl groups is 1. The molecule has 0 aromatic carbocycles. The highest BCUT2D eigenvalue weighted by Gasteiger charge is 2.36. The fourth-order valence-electron chi connectivity index (χ4n) is 4.18. The number of carbonyl (C=O) groups is 3. The number of cyclic esters (lactones) is 1. The average Bonchev–Trinajstić information content (AvgIpc) is 3.16. The van der Waals surface area contributed by atoms with Crippen LogP contribution < -0.4 is 10.6 Å². The first-order valence-corrected chi connectivity index (χ1v) is 11.7. The molecule has 2 unspecified atom stereocenters. The maximum atomic E-state index is 13.1. The van der Waals surface area contributed by atoms with Gasteiger partial charge in [-0.3, -0.25) is 14.4 Å². The van der Waals surface area contributed by atoms with Gasteiger partial charge in [0.25, 0.3) is 0 Å². The topological polar surface area (TPSA) is 105 Å². The van der Waals surface area contributed by atoms with Crippen molar-refractivity contribution in [3.8, 4) is 0 Å². The van der Waals surface area contributed by atoms with Crippen LogP contribution in [0.4, 0.5) is 0 Å². The van der Waals surface area contributed by atoms with E-state index in [2.05, 4.69) is 10.6 Å². The van der Waals surface area contributed by atoms with E-state index in [-0.39, 0.29) is 48.9 Å². The maximum Gasteiger partial charge on any atom is 0.305 e. The first-order valence-electron chi connectivity index (χ1n) is 11.7. The van der Waals surface area contributed by atoms with Gasteiger partial charge in [-0.25, -0.2) is 0 Å². The van der Waals surface area contributed by atoms with E-state index in [1.165, 1.54) is 0 Å². The summed E-state index contributed by atoms with van der Waals surface area (Å²) in [5.74, 6) is -1.18. The molecular formula is C24H40N2O5. The van der Waals surface area contributed by atoms with Gasteiger partial charge in [0, 0.05) is 12.8 Å². The molecule has 2 aliphatic rings. The molecule has 1 heterocycles. The number of amides is 2. The third-order valence-corrected chi connectivity index (χ3v) is 6.43. The average molecular weight is 437 g/mol. The normalized spacial score (nSPS) is 25.9. The van der Waals surface area contributed by atoms with Crippen LogP contribution in [0.2, 0.25) is 0 Å². The van der Waals surface area contributed by atoms with Crippen LogP contribution in [0.15, 0.2) is 12.2 Å². The molecule has 2 amide bonds. The Hall–Kier alpha value is -1.89. The van der Waals surface area contributed by atoms with Crippen molar-refractivity contribution in [1.29, 1.82) is 0 Å². The van der Waals surface area contributed by atoms with Gasteiger partial charge in [-0.1, -0.05) is 45.8 Å². The van der Waals surface area contributed by atoms with E-state index < -0.39 is 11.5 Å². The van der Waals surface area contributed by atoms with Crippen LogP contribution in [0.1, 0.15) is 85.0 Å². The van der Waals surface area contributed by atoms with Crippen molar-refractivity contribution in [1.82, 2.24) is 10.6 Å².